The average Bonchev–Trinajstić information content (AvgIpc) is 3.93. The van der Waals surface area contributed by atoms with Gasteiger partial charge < -0.3 is 9.13 Å². The Morgan fingerprint density at radius 3 is 0.797 bits per heavy atom. The molecule has 338 valence electrons. The zero-order chi connectivity index (χ0) is 47.9. The summed E-state index contributed by atoms with van der Waals surface area (Å²) in [6, 6.07) is 45.1. The Hall–Kier alpha value is -7.83. The summed E-state index contributed by atoms with van der Waals surface area (Å²) in [6.07, 6.45) is 0. The van der Waals surface area contributed by atoms with Gasteiger partial charge in [-0.2, -0.15) is 9.97 Å². The zero-order valence-corrected chi connectivity index (χ0v) is 41.7. The van der Waals surface area contributed by atoms with E-state index in [1.54, 1.807) is 0 Å². The normalized spacial score (nSPS) is 12.1. The molecule has 0 aliphatic carbocycles. The summed E-state index contributed by atoms with van der Waals surface area (Å²) in [6.45, 7) is 26.5. The van der Waals surface area contributed by atoms with Gasteiger partial charge in [-0.3, -0.25) is 4.57 Å². The molecule has 0 aliphatic heterocycles. The molecule has 0 unspecified atom stereocenters. The van der Waals surface area contributed by atoms with Gasteiger partial charge in [0, 0.05) is 43.4 Å². The Bertz CT molecular complexity index is 3810. The largest absolute Gasteiger partial charge is 0.308 e. The number of hydrogen-bond acceptors (Lipinski definition) is 3. The lowest BCUT2D eigenvalue weighted by Gasteiger charge is -2.18. The van der Waals surface area contributed by atoms with Gasteiger partial charge in [0.15, 0.2) is 11.6 Å². The Labute approximate surface area is 403 Å². The fourth-order valence-corrected chi connectivity index (χ4v) is 12.2. The highest BCUT2D eigenvalue weighted by Crippen LogP contribution is 2.43. The van der Waals surface area contributed by atoms with Crippen molar-refractivity contribution in [2.75, 3.05) is 0 Å². The van der Waals surface area contributed by atoms with Gasteiger partial charge in [0.25, 0.3) is 0 Å². The van der Waals surface area contributed by atoms with Gasteiger partial charge in [0.2, 0.25) is 5.95 Å². The summed E-state index contributed by atoms with van der Waals surface area (Å²) < 4.78 is 7.25. The van der Waals surface area contributed by atoms with E-state index in [9.17, 15) is 0 Å². The fourth-order valence-electron chi connectivity index (χ4n) is 12.2. The Kier molecular flexibility index (Phi) is 9.46. The van der Waals surface area contributed by atoms with E-state index in [0.29, 0.717) is 17.6 Å². The lowest BCUT2D eigenvalue weighted by atomic mass is 10.0. The maximum absolute atomic E-state index is 5.66. The molecule has 0 amide bonds. The second-order valence-electron chi connectivity index (χ2n) is 20.2. The summed E-state index contributed by atoms with van der Waals surface area (Å²) in [7, 11) is 0. The van der Waals surface area contributed by atoms with Crippen LogP contribution in [0.25, 0.3) is 106 Å². The van der Waals surface area contributed by atoms with Crippen LogP contribution in [0.2, 0.25) is 0 Å². The van der Waals surface area contributed by atoms with Crippen molar-refractivity contribution in [2.45, 2.75) is 83.1 Å². The molecular weight excluding hydrogens is 841 g/mol. The second kappa shape index (κ2) is 15.3. The second-order valence-corrected chi connectivity index (χ2v) is 20.2. The maximum Gasteiger partial charge on any atom is 0.238 e. The molecular formula is C63H56N6. The first-order valence-corrected chi connectivity index (χ1v) is 24.2. The van der Waals surface area contributed by atoms with Crippen LogP contribution in [0.4, 0.5) is 0 Å². The molecule has 12 aromatic rings. The molecule has 0 radical (unpaired) electrons. The van der Waals surface area contributed by atoms with Gasteiger partial charge in [0.05, 0.1) is 44.5 Å². The smallest absolute Gasteiger partial charge is 0.238 e. The Morgan fingerprint density at radius 2 is 0.522 bits per heavy atom. The third-order valence-electron chi connectivity index (χ3n) is 14.5. The lowest BCUT2D eigenvalue weighted by molar-refractivity contribution is 0.945. The van der Waals surface area contributed by atoms with Crippen molar-refractivity contribution < 1.29 is 0 Å². The standard InChI is InChI=1S/C63H56N6/c1-33-21-39(7)55-47(27-33)48-28-34(2)22-40(8)56(48)67(55)53-19-15-13-17-45(53)61-64-62(66-63(65-61)69-59-43(11)25-37(5)31-51(59)52-32-38(6)26-44(12)60(52)69)46-18-14-16-20-54(46)68-57-41(9)23-35(3)29-49(57)50-30-36(4)24-42(10)58(50)68/h13-32H,1-12H3. The number of aromatic nitrogens is 6. The minimum atomic E-state index is 0.583. The van der Waals surface area contributed by atoms with Crippen LogP contribution in [0.3, 0.4) is 0 Å². The summed E-state index contributed by atoms with van der Waals surface area (Å²) in [5.74, 6) is 1.80. The van der Waals surface area contributed by atoms with Gasteiger partial charge in [-0.1, -0.05) is 94.0 Å². The minimum absolute atomic E-state index is 0.583. The van der Waals surface area contributed by atoms with Gasteiger partial charge in [-0.25, -0.2) is 4.98 Å². The predicted octanol–water partition coefficient (Wildman–Crippen LogP) is 16.2. The van der Waals surface area contributed by atoms with Crippen molar-refractivity contribution in [3.05, 3.63) is 188 Å². The van der Waals surface area contributed by atoms with E-state index < -0.39 is 0 Å². The van der Waals surface area contributed by atoms with Crippen LogP contribution in [0.1, 0.15) is 66.8 Å². The number of benzene rings is 8. The molecule has 0 fully saturated rings. The van der Waals surface area contributed by atoms with E-state index in [1.807, 2.05) is 0 Å². The highest BCUT2D eigenvalue weighted by Gasteiger charge is 2.26. The molecule has 0 saturated carbocycles. The summed E-state index contributed by atoms with van der Waals surface area (Å²) >= 11 is 0. The monoisotopic (exact) mass is 896 g/mol. The molecule has 69 heavy (non-hydrogen) atoms. The topological polar surface area (TPSA) is 53.5 Å². The SMILES string of the molecule is Cc1cc(C)c2c(c1)c1cc(C)cc(C)c1n2-c1nc(-c2ccccc2-n2c3c(C)cc(C)cc3c3cc(C)cc(C)c32)nc(-c2ccccc2-n2c3c(C)cc(C)cc3c3cc(C)cc(C)c32)n1. The molecule has 0 atom stereocenters. The van der Waals surface area contributed by atoms with Crippen molar-refractivity contribution in [1.29, 1.82) is 0 Å². The molecule has 0 spiro atoms. The van der Waals surface area contributed by atoms with Crippen LogP contribution in [0, 0.1) is 83.1 Å². The molecule has 4 heterocycles. The molecule has 4 aromatic heterocycles. The predicted molar refractivity (Wildman–Crippen MR) is 291 cm³/mol. The van der Waals surface area contributed by atoms with E-state index in [0.717, 1.165) is 33.5 Å². The molecule has 0 bridgehead atoms. The quantitative estimate of drug-likeness (QED) is 0.173. The summed E-state index contributed by atoms with van der Waals surface area (Å²) in [5.41, 5.74) is 25.6. The third kappa shape index (κ3) is 6.41. The van der Waals surface area contributed by atoms with Crippen LogP contribution < -0.4 is 0 Å². The van der Waals surface area contributed by atoms with E-state index >= 15 is 0 Å². The number of fused-ring (bicyclic) bond motifs is 9. The summed E-state index contributed by atoms with van der Waals surface area (Å²) in [5, 5.41) is 7.39. The van der Waals surface area contributed by atoms with Crippen LogP contribution >= 0.6 is 0 Å². The molecule has 12 rings (SSSR count). The van der Waals surface area contributed by atoms with Crippen molar-refractivity contribution in [3.8, 4) is 40.1 Å². The van der Waals surface area contributed by atoms with Gasteiger partial charge >= 0.3 is 0 Å². The highest BCUT2D eigenvalue weighted by atomic mass is 15.2. The van der Waals surface area contributed by atoms with E-state index in [-0.39, 0.29) is 0 Å². The highest BCUT2D eigenvalue weighted by molar-refractivity contribution is 6.14. The number of para-hydroxylation sites is 2. The number of hydrogen-bond donors (Lipinski definition) is 0. The molecule has 6 heteroatoms. The maximum atomic E-state index is 5.66. The van der Waals surface area contributed by atoms with E-state index in [1.165, 1.54) is 121 Å². The first-order valence-electron chi connectivity index (χ1n) is 24.2. The van der Waals surface area contributed by atoms with Crippen molar-refractivity contribution in [1.82, 2.24) is 28.7 Å². The van der Waals surface area contributed by atoms with Crippen LogP contribution in [0.5, 0.6) is 0 Å². The Morgan fingerprint density at radius 1 is 0.275 bits per heavy atom. The van der Waals surface area contributed by atoms with Crippen LogP contribution in [0.15, 0.2) is 121 Å². The molecule has 8 aromatic carbocycles. The molecule has 0 N–H and O–H groups in total. The minimum Gasteiger partial charge on any atom is -0.308 e. The first kappa shape index (κ1) is 42.5. The number of aryl methyl sites for hydroxylation is 12. The number of nitrogens with zero attached hydrogens (tertiary/aromatic N) is 6. The first-order chi connectivity index (χ1) is 33.1. The lowest BCUT2D eigenvalue weighted by Crippen LogP contribution is -2.10. The number of rotatable bonds is 5. The third-order valence-corrected chi connectivity index (χ3v) is 14.5. The zero-order valence-electron chi connectivity index (χ0n) is 41.7. The molecule has 6 nitrogen and oxygen atoms in total. The van der Waals surface area contributed by atoms with Crippen LogP contribution in [-0.2, 0) is 0 Å². The van der Waals surface area contributed by atoms with Gasteiger partial charge in [-0.15, -0.1) is 0 Å². The van der Waals surface area contributed by atoms with Gasteiger partial charge in [-0.05, 0) is 177 Å². The van der Waals surface area contributed by atoms with Crippen molar-refractivity contribution in [3.63, 3.8) is 0 Å². The summed E-state index contributed by atoms with van der Waals surface area (Å²) in [4.78, 5) is 17.0. The average molecular weight is 897 g/mol. The van der Waals surface area contributed by atoms with E-state index in [2.05, 4.69) is 218 Å². The Balaban J connectivity index is 1.23. The van der Waals surface area contributed by atoms with Crippen molar-refractivity contribution in [2.24, 2.45) is 0 Å². The van der Waals surface area contributed by atoms with Crippen molar-refractivity contribution >= 4 is 65.4 Å². The van der Waals surface area contributed by atoms with Crippen LogP contribution in [-0.4, -0.2) is 28.7 Å². The molecule has 0 aliphatic rings. The van der Waals surface area contributed by atoms with Gasteiger partial charge in [0.1, 0.15) is 0 Å². The fraction of sp³-hybridized carbons (Fsp3) is 0.190. The van der Waals surface area contributed by atoms with E-state index in [4.69, 9.17) is 15.0 Å². The molecule has 0 saturated heterocycles.